The minimum Gasteiger partial charge on any atom is -0.373 e. The average molecular weight is 276 g/mol. The van der Waals surface area contributed by atoms with Gasteiger partial charge in [-0.25, -0.2) is 9.97 Å². The van der Waals surface area contributed by atoms with Gasteiger partial charge in [0, 0.05) is 37.5 Å². The van der Waals surface area contributed by atoms with Crippen LogP contribution in [0.5, 0.6) is 0 Å². The smallest absolute Gasteiger partial charge is 0.161 e. The summed E-state index contributed by atoms with van der Waals surface area (Å²) in [6, 6.07) is 16.0. The summed E-state index contributed by atoms with van der Waals surface area (Å²) in [6.45, 7) is 0. The van der Waals surface area contributed by atoms with Crippen LogP contribution in [0.1, 0.15) is 11.3 Å². The van der Waals surface area contributed by atoms with Gasteiger partial charge in [-0.2, -0.15) is 0 Å². The second-order valence-electron chi connectivity index (χ2n) is 4.72. The van der Waals surface area contributed by atoms with Crippen molar-refractivity contribution < 1.29 is 0 Å². The molecule has 0 aliphatic heterocycles. The molecule has 0 spiro atoms. The molecule has 0 amide bonds. The lowest BCUT2D eigenvalue weighted by Gasteiger charge is -2.08. The van der Waals surface area contributed by atoms with Crippen LogP contribution in [-0.4, -0.2) is 22.0 Å². The lowest BCUT2D eigenvalue weighted by Crippen LogP contribution is -2.01. The van der Waals surface area contributed by atoms with Crippen LogP contribution in [0.15, 0.2) is 60.9 Å². The highest BCUT2D eigenvalue weighted by atomic mass is 15.0. The zero-order chi connectivity index (χ0) is 14.5. The molecule has 4 nitrogen and oxygen atoms in total. The molecular weight excluding hydrogens is 260 g/mol. The fourth-order valence-electron chi connectivity index (χ4n) is 2.14. The predicted molar refractivity (Wildman–Crippen MR) is 84.1 cm³/mol. The summed E-state index contributed by atoms with van der Waals surface area (Å²) in [5.74, 6) is 1.57. The number of hydrogen-bond donors (Lipinski definition) is 1. The standard InChI is InChI=1S/C17H16N4/c1-18-16-12-15(11-13-7-9-19-10-8-13)20-17(21-16)14-5-3-2-4-6-14/h2-10,12H,11H2,1H3,(H,18,20,21). The van der Waals surface area contributed by atoms with Crippen molar-refractivity contribution in [3.05, 3.63) is 72.2 Å². The van der Waals surface area contributed by atoms with Gasteiger partial charge in [0.05, 0.1) is 5.69 Å². The number of nitrogens with one attached hydrogen (secondary N) is 1. The highest BCUT2D eigenvalue weighted by molar-refractivity contribution is 5.57. The molecule has 0 atom stereocenters. The van der Waals surface area contributed by atoms with Gasteiger partial charge in [0.15, 0.2) is 5.82 Å². The molecular formula is C17H16N4. The molecule has 0 aliphatic rings. The second kappa shape index (κ2) is 6.13. The summed E-state index contributed by atoms with van der Waals surface area (Å²) in [5.41, 5.74) is 3.19. The first-order valence-electron chi connectivity index (χ1n) is 6.85. The summed E-state index contributed by atoms with van der Waals surface area (Å²) in [4.78, 5) is 13.2. The van der Waals surface area contributed by atoms with E-state index in [0.29, 0.717) is 0 Å². The minimum atomic E-state index is 0.742. The zero-order valence-electron chi connectivity index (χ0n) is 11.8. The molecule has 1 N–H and O–H groups in total. The maximum absolute atomic E-state index is 4.68. The van der Waals surface area contributed by atoms with Gasteiger partial charge in [0.2, 0.25) is 0 Å². The molecule has 3 rings (SSSR count). The normalized spacial score (nSPS) is 10.3. The molecule has 2 aromatic heterocycles. The maximum atomic E-state index is 4.68. The van der Waals surface area contributed by atoms with Crippen molar-refractivity contribution >= 4 is 5.82 Å². The third-order valence-corrected chi connectivity index (χ3v) is 3.20. The maximum Gasteiger partial charge on any atom is 0.161 e. The van der Waals surface area contributed by atoms with Crippen LogP contribution >= 0.6 is 0 Å². The quantitative estimate of drug-likeness (QED) is 0.795. The van der Waals surface area contributed by atoms with E-state index in [9.17, 15) is 0 Å². The largest absolute Gasteiger partial charge is 0.373 e. The van der Waals surface area contributed by atoms with E-state index < -0.39 is 0 Å². The molecule has 0 unspecified atom stereocenters. The number of aromatic nitrogens is 3. The van der Waals surface area contributed by atoms with Gasteiger partial charge in [-0.15, -0.1) is 0 Å². The summed E-state index contributed by atoms with van der Waals surface area (Å²) in [6.07, 6.45) is 4.36. The summed E-state index contributed by atoms with van der Waals surface area (Å²) >= 11 is 0. The Morgan fingerprint density at radius 1 is 0.952 bits per heavy atom. The van der Waals surface area contributed by atoms with Gasteiger partial charge in [0.1, 0.15) is 5.82 Å². The van der Waals surface area contributed by atoms with Crippen LogP contribution in [0.25, 0.3) is 11.4 Å². The topological polar surface area (TPSA) is 50.7 Å². The van der Waals surface area contributed by atoms with Gasteiger partial charge in [-0.05, 0) is 17.7 Å². The molecule has 0 saturated heterocycles. The van der Waals surface area contributed by atoms with Gasteiger partial charge in [0.25, 0.3) is 0 Å². The Bertz CT molecular complexity index is 711. The molecule has 0 radical (unpaired) electrons. The van der Waals surface area contributed by atoms with Crippen LogP contribution < -0.4 is 5.32 Å². The molecule has 3 aromatic rings. The monoisotopic (exact) mass is 276 g/mol. The molecule has 21 heavy (non-hydrogen) atoms. The average Bonchev–Trinajstić information content (AvgIpc) is 2.56. The van der Waals surface area contributed by atoms with E-state index in [1.807, 2.05) is 55.6 Å². The number of anilines is 1. The fourth-order valence-corrected chi connectivity index (χ4v) is 2.14. The van der Waals surface area contributed by atoms with E-state index in [1.54, 1.807) is 12.4 Å². The Labute approximate surface area is 123 Å². The predicted octanol–water partition coefficient (Wildman–Crippen LogP) is 3.17. The molecule has 0 saturated carbocycles. The summed E-state index contributed by atoms with van der Waals surface area (Å²) in [5, 5.41) is 3.10. The Kier molecular flexibility index (Phi) is 3.87. The van der Waals surface area contributed by atoms with Gasteiger partial charge >= 0.3 is 0 Å². The van der Waals surface area contributed by atoms with Gasteiger partial charge < -0.3 is 5.32 Å². The molecule has 4 heteroatoms. The summed E-state index contributed by atoms with van der Waals surface area (Å²) in [7, 11) is 1.87. The van der Waals surface area contributed by atoms with E-state index in [2.05, 4.69) is 20.3 Å². The molecule has 104 valence electrons. The molecule has 0 fully saturated rings. The Morgan fingerprint density at radius 2 is 1.71 bits per heavy atom. The summed E-state index contributed by atoms with van der Waals surface area (Å²) < 4.78 is 0. The Balaban J connectivity index is 1.98. The molecule has 2 heterocycles. The van der Waals surface area contributed by atoms with E-state index in [0.717, 1.165) is 29.3 Å². The highest BCUT2D eigenvalue weighted by Gasteiger charge is 2.06. The van der Waals surface area contributed by atoms with Crippen molar-refractivity contribution in [3.8, 4) is 11.4 Å². The van der Waals surface area contributed by atoms with E-state index in [-0.39, 0.29) is 0 Å². The SMILES string of the molecule is CNc1cc(Cc2ccncc2)nc(-c2ccccc2)n1. The van der Waals surface area contributed by atoms with E-state index in [4.69, 9.17) is 0 Å². The molecule has 0 aliphatic carbocycles. The van der Waals surface area contributed by atoms with Crippen LogP contribution in [0, 0.1) is 0 Å². The van der Waals surface area contributed by atoms with Gasteiger partial charge in [-0.1, -0.05) is 30.3 Å². The van der Waals surface area contributed by atoms with Crippen molar-refractivity contribution in [3.63, 3.8) is 0 Å². The highest BCUT2D eigenvalue weighted by Crippen LogP contribution is 2.19. The van der Waals surface area contributed by atoms with Crippen LogP contribution in [0.4, 0.5) is 5.82 Å². The lowest BCUT2D eigenvalue weighted by atomic mass is 10.1. The van der Waals surface area contributed by atoms with E-state index >= 15 is 0 Å². The van der Waals surface area contributed by atoms with Crippen molar-refractivity contribution in [2.75, 3.05) is 12.4 Å². The van der Waals surface area contributed by atoms with Crippen molar-refractivity contribution in [2.45, 2.75) is 6.42 Å². The minimum absolute atomic E-state index is 0.742. The first-order valence-corrected chi connectivity index (χ1v) is 6.85. The Morgan fingerprint density at radius 3 is 2.43 bits per heavy atom. The lowest BCUT2D eigenvalue weighted by molar-refractivity contribution is 1.03. The first-order chi connectivity index (χ1) is 10.3. The van der Waals surface area contributed by atoms with Crippen LogP contribution in [0.2, 0.25) is 0 Å². The number of pyridine rings is 1. The Hall–Kier alpha value is -2.75. The zero-order valence-corrected chi connectivity index (χ0v) is 11.8. The van der Waals surface area contributed by atoms with Crippen molar-refractivity contribution in [1.82, 2.24) is 15.0 Å². The van der Waals surface area contributed by atoms with Crippen LogP contribution in [-0.2, 0) is 6.42 Å². The molecule has 0 bridgehead atoms. The third-order valence-electron chi connectivity index (χ3n) is 3.20. The van der Waals surface area contributed by atoms with Gasteiger partial charge in [-0.3, -0.25) is 4.98 Å². The second-order valence-corrected chi connectivity index (χ2v) is 4.72. The fraction of sp³-hybridized carbons (Fsp3) is 0.118. The first kappa shape index (κ1) is 13.2. The van der Waals surface area contributed by atoms with Crippen molar-refractivity contribution in [2.24, 2.45) is 0 Å². The van der Waals surface area contributed by atoms with Crippen molar-refractivity contribution in [1.29, 1.82) is 0 Å². The van der Waals surface area contributed by atoms with E-state index in [1.165, 1.54) is 5.56 Å². The number of hydrogen-bond acceptors (Lipinski definition) is 4. The molecule has 1 aromatic carbocycles. The van der Waals surface area contributed by atoms with Crippen LogP contribution in [0.3, 0.4) is 0 Å². The third kappa shape index (κ3) is 3.23. The number of nitrogens with zero attached hydrogens (tertiary/aromatic N) is 3. The number of rotatable bonds is 4. The number of benzene rings is 1.